The van der Waals surface area contributed by atoms with Gasteiger partial charge in [0.1, 0.15) is 22.0 Å². The van der Waals surface area contributed by atoms with Crippen LogP contribution in [0.1, 0.15) is 36.1 Å². The molecule has 1 atom stereocenters. The molecule has 2 heterocycles. The lowest BCUT2D eigenvalue weighted by Crippen LogP contribution is -2.19. The highest BCUT2D eigenvalue weighted by molar-refractivity contribution is 8.00. The summed E-state index contributed by atoms with van der Waals surface area (Å²) in [5, 5.41) is 7.47. The number of nitrogens with one attached hydrogen (secondary N) is 2. The third-order valence-electron chi connectivity index (χ3n) is 4.02. The average Bonchev–Trinajstić information content (AvgIpc) is 3.09. The number of thiophene rings is 1. The number of nitrogens with zero attached hydrogens (tertiary/aromatic N) is 1. The molecule has 2 aromatic rings. The second-order valence-corrected chi connectivity index (χ2v) is 8.05. The highest BCUT2D eigenvalue weighted by atomic mass is 32.2. The summed E-state index contributed by atoms with van der Waals surface area (Å²) in [6.45, 7) is 4.24. The fraction of sp³-hybridized carbons (Fsp3) is 0.368. The van der Waals surface area contributed by atoms with Crippen molar-refractivity contribution in [3.8, 4) is 5.75 Å². The molecule has 138 valence electrons. The molecule has 2 N–H and O–H groups in total. The lowest BCUT2D eigenvalue weighted by molar-refractivity contribution is -0.113. The number of amides is 1. The normalized spacial score (nSPS) is 15.7. The molecule has 0 fully saturated rings. The van der Waals surface area contributed by atoms with E-state index in [0.717, 1.165) is 30.1 Å². The average molecular weight is 390 g/mol. The number of aliphatic imine (C=N–C) groups is 1. The van der Waals surface area contributed by atoms with Crippen LogP contribution in [0.3, 0.4) is 0 Å². The van der Waals surface area contributed by atoms with E-state index in [-0.39, 0.29) is 11.3 Å². The summed E-state index contributed by atoms with van der Waals surface area (Å²) in [4.78, 5) is 18.5. The molecule has 0 saturated carbocycles. The van der Waals surface area contributed by atoms with Gasteiger partial charge in [-0.1, -0.05) is 19.9 Å². The maximum Gasteiger partial charge on any atom is 0.234 e. The van der Waals surface area contributed by atoms with Crippen LogP contribution in [0.25, 0.3) is 0 Å². The molecule has 1 aromatic heterocycles. The molecule has 1 aliphatic heterocycles. The molecule has 0 radical (unpaired) electrons. The van der Waals surface area contributed by atoms with E-state index in [4.69, 9.17) is 9.73 Å². The lowest BCUT2D eigenvalue weighted by Gasteiger charge is -2.21. The van der Waals surface area contributed by atoms with Crippen molar-refractivity contribution < 1.29 is 9.53 Å². The Morgan fingerprint density at radius 2 is 2.19 bits per heavy atom. The van der Waals surface area contributed by atoms with E-state index in [1.54, 1.807) is 30.2 Å². The number of methoxy groups -OCH3 is 1. The van der Waals surface area contributed by atoms with Crippen molar-refractivity contribution in [2.24, 2.45) is 4.99 Å². The maximum atomic E-state index is 12.3. The first kappa shape index (κ1) is 18.8. The summed E-state index contributed by atoms with van der Waals surface area (Å²) < 4.78 is 5.19. The fourth-order valence-electron chi connectivity index (χ4n) is 2.65. The van der Waals surface area contributed by atoms with Gasteiger partial charge in [0.2, 0.25) is 5.91 Å². The van der Waals surface area contributed by atoms with Crippen LogP contribution in [0.4, 0.5) is 10.7 Å². The monoisotopic (exact) mass is 389 g/mol. The molecule has 26 heavy (non-hydrogen) atoms. The first-order valence-electron chi connectivity index (χ1n) is 8.64. The van der Waals surface area contributed by atoms with Crippen LogP contribution in [0.15, 0.2) is 35.3 Å². The Labute approximate surface area is 162 Å². The van der Waals surface area contributed by atoms with Gasteiger partial charge in [0.25, 0.3) is 0 Å². The van der Waals surface area contributed by atoms with Crippen LogP contribution < -0.4 is 15.4 Å². The van der Waals surface area contributed by atoms with E-state index in [1.807, 2.05) is 24.3 Å². The van der Waals surface area contributed by atoms with Gasteiger partial charge in [0.15, 0.2) is 0 Å². The van der Waals surface area contributed by atoms with Crippen molar-refractivity contribution >= 4 is 45.5 Å². The highest BCUT2D eigenvalue weighted by Crippen LogP contribution is 2.43. The van der Waals surface area contributed by atoms with Gasteiger partial charge in [-0.2, -0.15) is 0 Å². The van der Waals surface area contributed by atoms with Crippen molar-refractivity contribution in [1.82, 2.24) is 0 Å². The number of benzene rings is 1. The van der Waals surface area contributed by atoms with Crippen molar-refractivity contribution in [1.29, 1.82) is 0 Å². The van der Waals surface area contributed by atoms with Gasteiger partial charge in [-0.15, -0.1) is 23.1 Å². The van der Waals surface area contributed by atoms with Crippen molar-refractivity contribution in [3.63, 3.8) is 0 Å². The predicted molar refractivity (Wildman–Crippen MR) is 112 cm³/mol. The van der Waals surface area contributed by atoms with E-state index >= 15 is 0 Å². The van der Waals surface area contributed by atoms with Crippen LogP contribution >= 0.6 is 23.1 Å². The Kier molecular flexibility index (Phi) is 6.21. The first-order chi connectivity index (χ1) is 12.6. The van der Waals surface area contributed by atoms with E-state index in [2.05, 4.69) is 30.5 Å². The minimum atomic E-state index is -0.0393. The topological polar surface area (TPSA) is 62.7 Å². The first-order valence-corrected chi connectivity index (χ1v) is 10.5. The lowest BCUT2D eigenvalue weighted by atomic mass is 10.2. The third kappa shape index (κ3) is 4.40. The van der Waals surface area contributed by atoms with E-state index < -0.39 is 0 Å². The molecule has 1 amide bonds. The number of hydrogen-bond acceptors (Lipinski definition) is 6. The molecule has 0 aliphatic carbocycles. The van der Waals surface area contributed by atoms with Gasteiger partial charge in [0, 0.05) is 28.6 Å². The number of aryl methyl sites for hydroxylation is 1. The summed E-state index contributed by atoms with van der Waals surface area (Å²) >= 11 is 3.34. The molecule has 0 bridgehead atoms. The zero-order valence-electron chi connectivity index (χ0n) is 15.2. The Balaban J connectivity index is 1.65. The number of carbonyl (C=O) groups excluding carboxylic acids is 1. The van der Waals surface area contributed by atoms with Gasteiger partial charge < -0.3 is 15.4 Å². The molecular formula is C19H23N3O2S2. The van der Waals surface area contributed by atoms with E-state index in [0.29, 0.717) is 5.75 Å². The quantitative estimate of drug-likeness (QED) is 0.705. The largest absolute Gasteiger partial charge is 0.497 e. The van der Waals surface area contributed by atoms with E-state index in [1.165, 1.54) is 15.4 Å². The smallest absolute Gasteiger partial charge is 0.234 e. The van der Waals surface area contributed by atoms with Gasteiger partial charge in [-0.3, -0.25) is 9.79 Å². The molecule has 1 aromatic carbocycles. The summed E-state index contributed by atoms with van der Waals surface area (Å²) in [5.74, 6) is 2.01. The zero-order chi connectivity index (χ0) is 18.5. The SMILES string of the molecule is CCC1=NC(SCC(=O)Nc2cccc(OC)c2)c2cc(CC)sc2N1. The molecular weight excluding hydrogens is 366 g/mol. The summed E-state index contributed by atoms with van der Waals surface area (Å²) in [6.07, 6.45) is 1.86. The van der Waals surface area contributed by atoms with Crippen molar-refractivity contribution in [2.45, 2.75) is 32.1 Å². The number of hydrogen-bond donors (Lipinski definition) is 2. The van der Waals surface area contributed by atoms with Gasteiger partial charge in [-0.25, -0.2) is 0 Å². The van der Waals surface area contributed by atoms with Gasteiger partial charge in [-0.05, 0) is 24.6 Å². The van der Waals surface area contributed by atoms with Crippen molar-refractivity contribution in [3.05, 3.63) is 40.8 Å². The number of carbonyl (C=O) groups is 1. The maximum absolute atomic E-state index is 12.3. The number of anilines is 2. The summed E-state index contributed by atoms with van der Waals surface area (Å²) in [5.41, 5.74) is 1.92. The minimum Gasteiger partial charge on any atom is -0.497 e. The third-order valence-corrected chi connectivity index (χ3v) is 6.33. The molecule has 0 saturated heterocycles. The summed E-state index contributed by atoms with van der Waals surface area (Å²) in [6, 6.07) is 9.58. The molecule has 0 spiro atoms. The van der Waals surface area contributed by atoms with Crippen LogP contribution in [0.5, 0.6) is 5.75 Å². The number of amidine groups is 1. The second kappa shape index (κ2) is 8.60. The van der Waals surface area contributed by atoms with Crippen LogP contribution in [0.2, 0.25) is 0 Å². The molecule has 1 aliphatic rings. The number of fused-ring (bicyclic) bond motifs is 1. The summed E-state index contributed by atoms with van der Waals surface area (Å²) in [7, 11) is 1.61. The molecule has 5 nitrogen and oxygen atoms in total. The highest BCUT2D eigenvalue weighted by Gasteiger charge is 2.24. The van der Waals surface area contributed by atoms with Gasteiger partial charge in [0.05, 0.1) is 12.9 Å². The fourth-order valence-corrected chi connectivity index (χ4v) is 4.72. The van der Waals surface area contributed by atoms with Crippen molar-refractivity contribution in [2.75, 3.05) is 23.5 Å². The standard InChI is InChI=1S/C19H23N3O2S2/c1-4-14-10-15-18(21-16(5-2)22-19(15)26-14)25-11-17(23)20-12-7-6-8-13(9-12)24-3/h6-10,18H,4-5,11H2,1-3H3,(H,20,23)(H,21,22). The number of rotatable bonds is 7. The Morgan fingerprint density at radius 1 is 1.35 bits per heavy atom. The molecule has 1 unspecified atom stereocenters. The predicted octanol–water partition coefficient (Wildman–Crippen LogP) is 4.92. The molecule has 3 rings (SSSR count). The van der Waals surface area contributed by atoms with Crippen LogP contribution in [-0.2, 0) is 11.2 Å². The van der Waals surface area contributed by atoms with Crippen LogP contribution in [-0.4, -0.2) is 24.6 Å². The Morgan fingerprint density at radius 3 is 2.92 bits per heavy atom. The Hall–Kier alpha value is -1.99. The zero-order valence-corrected chi connectivity index (χ0v) is 16.8. The second-order valence-electron chi connectivity index (χ2n) is 5.85. The number of ether oxygens (including phenoxy) is 1. The van der Waals surface area contributed by atoms with E-state index in [9.17, 15) is 4.79 Å². The van der Waals surface area contributed by atoms with Crippen LogP contribution in [0, 0.1) is 0 Å². The van der Waals surface area contributed by atoms with Gasteiger partial charge >= 0.3 is 0 Å². The Bertz CT molecular complexity index is 817. The minimum absolute atomic E-state index is 0.0335. The number of thioether (sulfide) groups is 1. The molecule has 7 heteroatoms.